The molecule has 0 saturated heterocycles. The number of nitrogens with zero attached hydrogens (tertiary/aromatic N) is 5. The molecule has 3 aromatic rings. The van der Waals surface area contributed by atoms with Crippen molar-refractivity contribution >= 4 is 5.65 Å². The minimum atomic E-state index is 0.179. The number of rotatable bonds is 5. The van der Waals surface area contributed by atoms with Crippen LogP contribution in [0.4, 0.5) is 0 Å². The molecule has 0 fully saturated rings. The molecule has 0 aromatic carbocycles. The molecule has 0 saturated carbocycles. The summed E-state index contributed by atoms with van der Waals surface area (Å²) in [6.45, 7) is 6.92. The van der Waals surface area contributed by atoms with Gasteiger partial charge in [0.15, 0.2) is 11.5 Å². The van der Waals surface area contributed by atoms with Crippen molar-refractivity contribution in [2.24, 2.45) is 0 Å². The zero-order valence-electron chi connectivity index (χ0n) is 12.4. The van der Waals surface area contributed by atoms with Crippen LogP contribution >= 0.6 is 0 Å². The van der Waals surface area contributed by atoms with Gasteiger partial charge in [0.05, 0.1) is 5.69 Å². The van der Waals surface area contributed by atoms with E-state index in [2.05, 4.69) is 39.4 Å². The largest absolute Gasteiger partial charge is 0.343 e. The summed E-state index contributed by atoms with van der Waals surface area (Å²) in [5, 5.41) is 11.7. The second kappa shape index (κ2) is 5.61. The van der Waals surface area contributed by atoms with E-state index < -0.39 is 0 Å². The summed E-state index contributed by atoms with van der Waals surface area (Å²) in [6.07, 6.45) is 4.00. The zero-order valence-corrected chi connectivity index (χ0v) is 12.4. The Balaban J connectivity index is 1.71. The van der Waals surface area contributed by atoms with Crippen LogP contribution in [0.1, 0.15) is 35.7 Å². The average Bonchev–Trinajstić information content (AvgIpc) is 3.08. The molecule has 3 heterocycles. The van der Waals surface area contributed by atoms with Crippen LogP contribution in [0.2, 0.25) is 0 Å². The lowest BCUT2D eigenvalue weighted by Crippen LogP contribution is -2.23. The summed E-state index contributed by atoms with van der Waals surface area (Å²) in [5.41, 5.74) is 4.10. The van der Waals surface area contributed by atoms with Crippen LogP contribution in [-0.2, 0) is 6.42 Å². The van der Waals surface area contributed by atoms with E-state index in [1.54, 1.807) is 0 Å². The van der Waals surface area contributed by atoms with Gasteiger partial charge in [0, 0.05) is 42.5 Å². The summed E-state index contributed by atoms with van der Waals surface area (Å²) in [4.78, 5) is 8.47. The maximum atomic E-state index is 4.72. The number of fused-ring (bicyclic) bond motifs is 1. The second-order valence-electron chi connectivity index (χ2n) is 5.13. The molecule has 0 aliphatic rings. The van der Waals surface area contributed by atoms with Crippen molar-refractivity contribution in [1.29, 1.82) is 0 Å². The molecule has 1 N–H and O–H groups in total. The Morgan fingerprint density at radius 1 is 1.33 bits per heavy atom. The molecule has 0 aliphatic carbocycles. The van der Waals surface area contributed by atoms with Gasteiger partial charge in [0.25, 0.3) is 0 Å². The minimum absolute atomic E-state index is 0.179. The molecule has 7 heteroatoms. The molecular formula is C14H18N6O. The van der Waals surface area contributed by atoms with Crippen LogP contribution in [0.15, 0.2) is 23.2 Å². The molecular weight excluding hydrogens is 268 g/mol. The fraction of sp³-hybridized carbons (Fsp3) is 0.429. The lowest BCUT2D eigenvalue weighted by atomic mass is 10.1. The normalized spacial score (nSPS) is 12.9. The first-order valence-corrected chi connectivity index (χ1v) is 6.95. The van der Waals surface area contributed by atoms with Crippen molar-refractivity contribution in [2.75, 3.05) is 6.54 Å². The van der Waals surface area contributed by atoms with Gasteiger partial charge in [-0.05, 0) is 20.8 Å². The maximum Gasteiger partial charge on any atom is 0.213 e. The standard InChI is InChI=1S/C14H18N6O/c1-9-6-14-16-7-12(11(3)20(14)18-9)10(2)15-5-4-13-17-8-21-19-13/h6-8,10,15H,4-5H2,1-3H3. The average molecular weight is 286 g/mol. The van der Waals surface area contributed by atoms with E-state index in [4.69, 9.17) is 4.52 Å². The smallest absolute Gasteiger partial charge is 0.213 e. The third-order valence-corrected chi connectivity index (χ3v) is 3.56. The van der Waals surface area contributed by atoms with Crippen LogP contribution in [0.25, 0.3) is 5.65 Å². The van der Waals surface area contributed by atoms with Crippen LogP contribution < -0.4 is 5.32 Å². The SMILES string of the molecule is Cc1cc2ncc(C(C)NCCc3ncon3)c(C)n2n1. The number of aromatic nitrogens is 5. The molecule has 1 atom stereocenters. The van der Waals surface area contributed by atoms with E-state index in [0.29, 0.717) is 5.82 Å². The first-order chi connectivity index (χ1) is 10.1. The summed E-state index contributed by atoms with van der Waals surface area (Å²) < 4.78 is 6.61. The van der Waals surface area contributed by atoms with Crippen LogP contribution in [0, 0.1) is 13.8 Å². The van der Waals surface area contributed by atoms with Crippen LogP contribution in [0.5, 0.6) is 0 Å². The lowest BCUT2D eigenvalue weighted by molar-refractivity contribution is 0.408. The fourth-order valence-electron chi connectivity index (χ4n) is 2.41. The van der Waals surface area contributed by atoms with E-state index in [0.717, 1.165) is 35.6 Å². The highest BCUT2D eigenvalue weighted by Gasteiger charge is 2.13. The highest BCUT2D eigenvalue weighted by Crippen LogP contribution is 2.17. The highest BCUT2D eigenvalue weighted by molar-refractivity contribution is 5.42. The van der Waals surface area contributed by atoms with Gasteiger partial charge in [0.2, 0.25) is 6.39 Å². The minimum Gasteiger partial charge on any atom is -0.343 e. The van der Waals surface area contributed by atoms with E-state index in [1.807, 2.05) is 23.7 Å². The van der Waals surface area contributed by atoms with Crippen molar-refractivity contribution in [3.05, 3.63) is 41.4 Å². The highest BCUT2D eigenvalue weighted by atomic mass is 16.5. The van der Waals surface area contributed by atoms with Crippen LogP contribution in [-0.4, -0.2) is 31.3 Å². The monoisotopic (exact) mass is 286 g/mol. The summed E-state index contributed by atoms with van der Waals surface area (Å²) in [5.74, 6) is 0.711. The maximum absolute atomic E-state index is 4.72. The molecule has 3 rings (SSSR count). The second-order valence-corrected chi connectivity index (χ2v) is 5.13. The van der Waals surface area contributed by atoms with E-state index in [1.165, 1.54) is 6.39 Å². The number of nitrogens with one attached hydrogen (secondary N) is 1. The number of hydrogen-bond acceptors (Lipinski definition) is 6. The molecule has 0 bridgehead atoms. The molecule has 1 unspecified atom stereocenters. The zero-order chi connectivity index (χ0) is 14.8. The van der Waals surface area contributed by atoms with Gasteiger partial charge in [-0.2, -0.15) is 10.1 Å². The van der Waals surface area contributed by atoms with E-state index in [9.17, 15) is 0 Å². The Bertz CT molecular complexity index is 733. The Hall–Kier alpha value is -2.28. The van der Waals surface area contributed by atoms with E-state index in [-0.39, 0.29) is 6.04 Å². The molecule has 0 aliphatic heterocycles. The van der Waals surface area contributed by atoms with Gasteiger partial charge in [-0.15, -0.1) is 0 Å². The molecule has 3 aromatic heterocycles. The lowest BCUT2D eigenvalue weighted by Gasteiger charge is -2.16. The third kappa shape index (κ3) is 2.78. The third-order valence-electron chi connectivity index (χ3n) is 3.56. The Labute approximate surface area is 122 Å². The molecule has 0 radical (unpaired) electrons. The molecule has 7 nitrogen and oxygen atoms in total. The van der Waals surface area contributed by atoms with Crippen molar-refractivity contribution < 1.29 is 4.52 Å². The van der Waals surface area contributed by atoms with Crippen molar-refractivity contribution in [3.63, 3.8) is 0 Å². The van der Waals surface area contributed by atoms with Gasteiger partial charge in [-0.1, -0.05) is 5.16 Å². The first kappa shape index (κ1) is 13.7. The summed E-state index contributed by atoms with van der Waals surface area (Å²) >= 11 is 0. The van der Waals surface area contributed by atoms with E-state index >= 15 is 0 Å². The topological polar surface area (TPSA) is 81.1 Å². The first-order valence-electron chi connectivity index (χ1n) is 6.95. The predicted molar refractivity (Wildman–Crippen MR) is 76.9 cm³/mol. The van der Waals surface area contributed by atoms with Crippen molar-refractivity contribution in [3.8, 4) is 0 Å². The van der Waals surface area contributed by atoms with Crippen molar-refractivity contribution in [2.45, 2.75) is 33.2 Å². The van der Waals surface area contributed by atoms with Gasteiger partial charge in [-0.25, -0.2) is 9.50 Å². The predicted octanol–water partition coefficient (Wildman–Crippen LogP) is 1.62. The quantitative estimate of drug-likeness (QED) is 0.767. The van der Waals surface area contributed by atoms with Crippen molar-refractivity contribution in [1.82, 2.24) is 30.1 Å². The Morgan fingerprint density at radius 3 is 2.95 bits per heavy atom. The molecule has 21 heavy (non-hydrogen) atoms. The van der Waals surface area contributed by atoms with Crippen LogP contribution in [0.3, 0.4) is 0 Å². The molecule has 0 spiro atoms. The Morgan fingerprint density at radius 2 is 2.19 bits per heavy atom. The fourth-order valence-corrected chi connectivity index (χ4v) is 2.41. The van der Waals surface area contributed by atoms with Gasteiger partial charge >= 0.3 is 0 Å². The van der Waals surface area contributed by atoms with Gasteiger partial charge in [-0.3, -0.25) is 0 Å². The number of hydrogen-bond donors (Lipinski definition) is 1. The summed E-state index contributed by atoms with van der Waals surface area (Å²) in [7, 11) is 0. The van der Waals surface area contributed by atoms with Gasteiger partial charge < -0.3 is 9.84 Å². The molecule has 110 valence electrons. The molecule has 0 amide bonds. The summed E-state index contributed by atoms with van der Waals surface area (Å²) in [6, 6.07) is 2.16. The Kier molecular flexibility index (Phi) is 3.66. The van der Waals surface area contributed by atoms with Gasteiger partial charge in [0.1, 0.15) is 0 Å². The number of aryl methyl sites for hydroxylation is 2.